The van der Waals surface area contributed by atoms with Crippen molar-refractivity contribution in [1.82, 2.24) is 15.7 Å². The minimum Gasteiger partial charge on any atom is -0.496 e. The molecule has 3 saturated carbocycles. The highest BCUT2D eigenvalue weighted by atomic mass is 79.9. The van der Waals surface area contributed by atoms with Gasteiger partial charge in [-0.15, -0.1) is 11.8 Å². The Hall–Kier alpha value is -2.35. The first-order valence-electron chi connectivity index (χ1n) is 18.8. The van der Waals surface area contributed by atoms with Gasteiger partial charge in [0.15, 0.2) is 0 Å². The first kappa shape index (κ1) is 39.3. The third-order valence-corrected chi connectivity index (χ3v) is 15.0. The van der Waals surface area contributed by atoms with E-state index in [0.29, 0.717) is 45.0 Å². The molecule has 2 saturated heterocycles. The van der Waals surface area contributed by atoms with Gasteiger partial charge < -0.3 is 30.5 Å². The zero-order valence-electron chi connectivity index (χ0n) is 31.6. The van der Waals surface area contributed by atoms with Crippen LogP contribution in [0.4, 0.5) is 5.69 Å². The number of alkyl halides is 1. The number of hydroxylamine groups is 2. The maximum absolute atomic E-state index is 14.2. The van der Waals surface area contributed by atoms with Gasteiger partial charge in [0.1, 0.15) is 17.9 Å². The number of nitrogens with zero attached hydrogens (tertiary/aromatic N) is 2. The summed E-state index contributed by atoms with van der Waals surface area (Å²) in [5, 5.41) is 29.9. The molecule has 5 fully saturated rings. The van der Waals surface area contributed by atoms with E-state index >= 15 is 0 Å². The van der Waals surface area contributed by atoms with Crippen molar-refractivity contribution in [2.75, 3.05) is 39.3 Å². The first-order chi connectivity index (χ1) is 24.7. The number of rotatable bonds is 13. The van der Waals surface area contributed by atoms with Gasteiger partial charge >= 0.3 is 0 Å². The zero-order valence-corrected chi connectivity index (χ0v) is 34.0. The average Bonchev–Trinajstić information content (AvgIpc) is 3.71. The van der Waals surface area contributed by atoms with Crippen LogP contribution in [-0.4, -0.2) is 95.1 Å². The summed E-state index contributed by atoms with van der Waals surface area (Å²) < 4.78 is 6.56. The molecule has 2 amide bonds. The average molecular weight is 802 g/mol. The Bertz CT molecular complexity index is 1610. The molecule has 0 radical (unpaired) electrons. The summed E-state index contributed by atoms with van der Waals surface area (Å²) >= 11 is 5.63. The van der Waals surface area contributed by atoms with Crippen molar-refractivity contribution < 1.29 is 29.4 Å². The molecule has 10 nitrogen and oxygen atoms in total. The highest BCUT2D eigenvalue weighted by Gasteiger charge is 2.57. The van der Waals surface area contributed by atoms with Crippen molar-refractivity contribution in [3.8, 4) is 16.9 Å². The number of aliphatic hydroxyl groups is 2. The molecule has 0 spiro atoms. The Labute approximate surface area is 321 Å². The van der Waals surface area contributed by atoms with Gasteiger partial charge in [0.2, 0.25) is 5.91 Å². The van der Waals surface area contributed by atoms with Crippen LogP contribution in [0.5, 0.6) is 5.75 Å². The molecule has 2 aromatic carbocycles. The molecule has 52 heavy (non-hydrogen) atoms. The second kappa shape index (κ2) is 16.2. The molecule has 2 bridgehead atoms. The van der Waals surface area contributed by atoms with E-state index in [9.17, 15) is 19.8 Å². The van der Waals surface area contributed by atoms with Crippen molar-refractivity contribution in [1.29, 1.82) is 0 Å². The molecule has 7 rings (SSSR count). The fourth-order valence-corrected chi connectivity index (χ4v) is 11.7. The monoisotopic (exact) mass is 800 g/mol. The number of benzene rings is 2. The number of carbonyl (C=O) groups excluding carboxylic acids is 2. The number of hydrogen-bond acceptors (Lipinski definition) is 9. The molecule has 286 valence electrons. The Morgan fingerprint density at radius 3 is 2.58 bits per heavy atom. The maximum Gasteiger partial charge on any atom is 0.251 e. The standard InChI is InChI=1S/C40H57BrN4O6S/c1-22-31-18-27(40(31,3)4)19-32(22)43-39(49)36-35(23(2)47)33(21-46)51-45(36)20-24-9-8-10-30(37(24)50-7)25-15-26(17-28(16-25)44(5)6)38(48)42-14-13-29-11-12-34(41)52-29/h8-10,15-17,22-23,27,29,31-36,46-47H,11-14,18-21H2,1-7H3,(H,42,48)(H,43,49)/t22-,23-,27+,29?,31-,32-,33-,34?,35-,36-/m0/s1. The molecule has 2 unspecified atom stereocenters. The number of fused-ring (bicyclic) bond motifs is 2. The molecule has 2 heterocycles. The van der Waals surface area contributed by atoms with Crippen molar-refractivity contribution in [3.63, 3.8) is 0 Å². The van der Waals surface area contributed by atoms with E-state index in [1.54, 1.807) is 19.1 Å². The van der Waals surface area contributed by atoms with Gasteiger partial charge in [-0.25, -0.2) is 0 Å². The minimum atomic E-state index is -0.890. The lowest BCUT2D eigenvalue weighted by Crippen LogP contribution is -2.62. The lowest BCUT2D eigenvalue weighted by Gasteiger charge is -2.62. The largest absolute Gasteiger partial charge is 0.496 e. The topological polar surface area (TPSA) is 124 Å². The van der Waals surface area contributed by atoms with Crippen LogP contribution >= 0.6 is 27.7 Å². The van der Waals surface area contributed by atoms with Crippen LogP contribution < -0.4 is 20.3 Å². The molecule has 12 heteroatoms. The summed E-state index contributed by atoms with van der Waals surface area (Å²) in [7, 11) is 5.52. The number of nitrogens with one attached hydrogen (secondary N) is 2. The minimum absolute atomic E-state index is 0.0467. The summed E-state index contributed by atoms with van der Waals surface area (Å²) in [5.41, 5.74) is 4.13. The Morgan fingerprint density at radius 2 is 1.96 bits per heavy atom. The van der Waals surface area contributed by atoms with Gasteiger partial charge in [0.05, 0.1) is 30.5 Å². The van der Waals surface area contributed by atoms with Crippen molar-refractivity contribution in [2.24, 2.45) is 29.1 Å². The highest BCUT2D eigenvalue weighted by molar-refractivity contribution is 9.11. The number of anilines is 1. The summed E-state index contributed by atoms with van der Waals surface area (Å²) in [4.78, 5) is 35.9. The third kappa shape index (κ3) is 7.89. The molecule has 10 atom stereocenters. The smallest absolute Gasteiger partial charge is 0.251 e. The quantitative estimate of drug-likeness (QED) is 0.186. The van der Waals surface area contributed by atoms with Crippen LogP contribution in [0.15, 0.2) is 36.4 Å². The normalized spacial score (nSPS) is 31.5. The molecule has 4 N–H and O–H groups in total. The maximum atomic E-state index is 14.2. The molecule has 2 aliphatic heterocycles. The van der Waals surface area contributed by atoms with Gasteiger partial charge in [-0.2, -0.15) is 5.06 Å². The first-order valence-corrected chi connectivity index (χ1v) is 20.7. The lowest BCUT2D eigenvalue weighted by molar-refractivity contribution is -0.183. The van der Waals surface area contributed by atoms with Crippen LogP contribution in [0.3, 0.4) is 0 Å². The van der Waals surface area contributed by atoms with Crippen LogP contribution in [0.1, 0.15) is 75.7 Å². The number of ether oxygens (including phenoxy) is 1. The van der Waals surface area contributed by atoms with Crippen LogP contribution in [-0.2, 0) is 16.2 Å². The number of para-hydroxylation sites is 1. The van der Waals surface area contributed by atoms with E-state index in [1.807, 2.05) is 67.2 Å². The predicted octanol–water partition coefficient (Wildman–Crippen LogP) is 5.83. The summed E-state index contributed by atoms with van der Waals surface area (Å²) in [6.45, 7) is 9.04. The fourth-order valence-electron chi connectivity index (χ4n) is 9.31. The van der Waals surface area contributed by atoms with Crippen molar-refractivity contribution in [2.45, 2.75) is 100 Å². The Kier molecular flexibility index (Phi) is 12.2. The highest BCUT2D eigenvalue weighted by Crippen LogP contribution is 2.61. The number of halogens is 1. The fraction of sp³-hybridized carbons (Fsp3) is 0.650. The number of amides is 2. The molecular weight excluding hydrogens is 744 g/mol. The van der Waals surface area contributed by atoms with Gasteiger partial charge in [0.25, 0.3) is 5.91 Å². The van der Waals surface area contributed by atoms with Gasteiger partial charge in [-0.05, 0) is 86.0 Å². The summed E-state index contributed by atoms with van der Waals surface area (Å²) in [6, 6.07) is 10.9. The second-order valence-electron chi connectivity index (χ2n) is 16.2. The number of aliphatic hydroxyl groups excluding tert-OH is 2. The SMILES string of the molecule is COc1c(CN2O[C@@H](CO)[C@H]([C@H](C)O)[C@H]2C(=O)N[C@H]2C[C@H]3C[C@@H]([C@@H]2C)C3(C)C)cccc1-c1cc(C(=O)NCCC2CCC(Br)S2)cc(N(C)C)c1. The molecular formula is C40H57BrN4O6S. The van der Waals surface area contributed by atoms with Gasteiger partial charge in [0, 0.05) is 60.2 Å². The van der Waals surface area contributed by atoms with E-state index in [0.717, 1.165) is 48.1 Å². The van der Waals surface area contributed by atoms with Crippen LogP contribution in [0.2, 0.25) is 0 Å². The van der Waals surface area contributed by atoms with E-state index in [-0.39, 0.29) is 36.4 Å². The Balaban J connectivity index is 1.25. The predicted molar refractivity (Wildman–Crippen MR) is 211 cm³/mol. The molecule has 5 aliphatic rings. The van der Waals surface area contributed by atoms with Crippen LogP contribution in [0.25, 0.3) is 11.1 Å². The summed E-state index contributed by atoms with van der Waals surface area (Å²) in [5.74, 6) is 1.14. The third-order valence-electron chi connectivity index (χ3n) is 12.5. The zero-order chi connectivity index (χ0) is 37.5. The number of thioether (sulfide) groups is 1. The van der Waals surface area contributed by atoms with E-state index in [1.165, 1.54) is 6.42 Å². The summed E-state index contributed by atoms with van der Waals surface area (Å²) in [6.07, 6.45) is 3.74. The van der Waals surface area contributed by atoms with Gasteiger partial charge in [-0.3, -0.25) is 14.4 Å². The lowest BCUT2D eigenvalue weighted by atomic mass is 9.45. The molecule has 3 aliphatic carbocycles. The second-order valence-corrected chi connectivity index (χ2v) is 19.4. The van der Waals surface area contributed by atoms with Crippen molar-refractivity contribution in [3.05, 3.63) is 47.5 Å². The van der Waals surface area contributed by atoms with E-state index in [4.69, 9.17) is 9.57 Å². The molecule has 2 aromatic rings. The van der Waals surface area contributed by atoms with Gasteiger partial charge in [-0.1, -0.05) is 54.9 Å². The van der Waals surface area contributed by atoms with Crippen molar-refractivity contribution >= 4 is 45.2 Å². The van der Waals surface area contributed by atoms with E-state index in [2.05, 4.69) is 47.3 Å². The molecule has 0 aromatic heterocycles. The number of hydrogen-bond donors (Lipinski definition) is 4. The number of carbonyl (C=O) groups is 2. The number of methoxy groups -OCH3 is 1. The van der Waals surface area contributed by atoms with E-state index < -0.39 is 24.2 Å². The van der Waals surface area contributed by atoms with Crippen LogP contribution in [0, 0.1) is 29.1 Å². The Morgan fingerprint density at radius 1 is 1.19 bits per heavy atom.